The fourth-order valence-electron chi connectivity index (χ4n) is 8.19. The van der Waals surface area contributed by atoms with Crippen LogP contribution in [0.3, 0.4) is 0 Å². The number of benzene rings is 5. The highest BCUT2D eigenvalue weighted by atomic mass is 35.7. The molecule has 1 aromatic heterocycles. The van der Waals surface area contributed by atoms with Crippen LogP contribution >= 0.6 is 23.1 Å². The molecule has 0 radical (unpaired) electrons. The SMILES string of the molecule is CCN1C(=CC=CC=CC=Cc2sc3ccccc3[n+]2CC)Sc2ccccc21.CN(C)c1ccc(C(=CC=CC(=C2C=CC(=[N+](C)C)C=C2)c2ccc(N(C)C)cc2)c2ccc(N(C)C)cc2)cc1.[O-][Cl+3]([O-])([O-])[O-].[O-][Cl+3]([O-])([O-])[O-]. The molecule has 1 aliphatic heterocycles. The minimum Gasteiger partial charge on any atom is -0.378 e. The van der Waals surface area contributed by atoms with Gasteiger partial charge in [0.1, 0.15) is 25.3 Å². The normalized spacial score (nSPS) is 13.6. The molecule has 8 rings (SSSR count). The van der Waals surface area contributed by atoms with E-state index in [9.17, 15) is 0 Å². The highest BCUT2D eigenvalue weighted by Crippen LogP contribution is 2.45. The summed E-state index contributed by atoms with van der Waals surface area (Å²) >= 11 is 3.67. The number of hydrogen-bond acceptors (Lipinski definition) is 14. The van der Waals surface area contributed by atoms with Crippen LogP contribution in [0.25, 0.3) is 27.4 Å². The molecule has 0 N–H and O–H groups in total. The lowest BCUT2D eigenvalue weighted by atomic mass is 9.94. The summed E-state index contributed by atoms with van der Waals surface area (Å²) in [6.07, 6.45) is 30.3. The van der Waals surface area contributed by atoms with Crippen molar-refractivity contribution in [1.29, 1.82) is 0 Å². The number of para-hydroxylation sites is 2. The van der Waals surface area contributed by atoms with Gasteiger partial charge in [-0.05, 0) is 120 Å². The summed E-state index contributed by atoms with van der Waals surface area (Å²) in [7, 11) is 6.68. The van der Waals surface area contributed by atoms with E-state index in [4.69, 9.17) is 37.3 Å². The Morgan fingerprint density at radius 2 is 1.05 bits per heavy atom. The molecule has 0 unspecified atom stereocenters. The van der Waals surface area contributed by atoms with Gasteiger partial charge in [-0.3, -0.25) is 0 Å². The quantitative estimate of drug-likeness (QED) is 0.109. The molecule has 0 spiro atoms. The summed E-state index contributed by atoms with van der Waals surface area (Å²) in [6.45, 7) is 6.35. The van der Waals surface area contributed by atoms with E-state index < -0.39 is 20.5 Å². The topological polar surface area (TPSA) is 204 Å². The maximum atomic E-state index is 8.49. The Morgan fingerprint density at radius 3 is 1.55 bits per heavy atom. The van der Waals surface area contributed by atoms with Gasteiger partial charge in [-0.2, -0.15) is 4.57 Å². The van der Waals surface area contributed by atoms with E-state index in [-0.39, 0.29) is 0 Å². The van der Waals surface area contributed by atoms with E-state index in [1.165, 1.54) is 87.0 Å². The molecule has 0 amide bonds. The van der Waals surface area contributed by atoms with Crippen molar-refractivity contribution in [2.75, 3.05) is 82.5 Å². The number of nitrogens with zero attached hydrogens (tertiary/aromatic N) is 6. The number of rotatable bonds is 14. The lowest BCUT2D eigenvalue weighted by Gasteiger charge is -2.17. The Labute approximate surface area is 483 Å². The molecule has 0 saturated carbocycles. The van der Waals surface area contributed by atoms with Crippen LogP contribution in [-0.2, 0) is 6.54 Å². The number of aromatic nitrogens is 1. The third kappa shape index (κ3) is 20.3. The van der Waals surface area contributed by atoms with Crippen molar-refractivity contribution in [3.05, 3.63) is 233 Å². The summed E-state index contributed by atoms with van der Waals surface area (Å²) in [4.78, 5) is 10.1. The fourth-order valence-corrected chi connectivity index (χ4v) is 10.5. The second kappa shape index (κ2) is 30.6. The van der Waals surface area contributed by atoms with Gasteiger partial charge < -0.3 is 19.6 Å². The van der Waals surface area contributed by atoms with E-state index in [0.717, 1.165) is 13.1 Å². The summed E-state index contributed by atoms with van der Waals surface area (Å²) in [5.74, 6) is 0. The number of anilines is 4. The van der Waals surface area contributed by atoms with Crippen molar-refractivity contribution in [3.63, 3.8) is 0 Å². The van der Waals surface area contributed by atoms with Gasteiger partial charge in [0.25, 0.3) is 5.01 Å². The molecule has 14 nitrogen and oxygen atoms in total. The Morgan fingerprint density at radius 1 is 0.575 bits per heavy atom. The van der Waals surface area contributed by atoms with Crippen LogP contribution in [0.4, 0.5) is 22.7 Å². The van der Waals surface area contributed by atoms with Crippen molar-refractivity contribution in [3.8, 4) is 0 Å². The smallest absolute Gasteiger partial charge is 0.262 e. The molecular formula is C62H68Cl2N6O8S2. The number of thioether (sulfide) groups is 1. The van der Waals surface area contributed by atoms with Gasteiger partial charge in [0.15, 0.2) is 5.71 Å². The van der Waals surface area contributed by atoms with Gasteiger partial charge in [0.05, 0.1) is 10.7 Å². The third-order valence-corrected chi connectivity index (χ3v) is 14.4. The van der Waals surface area contributed by atoms with Gasteiger partial charge in [0.2, 0.25) is 5.52 Å². The van der Waals surface area contributed by atoms with Crippen molar-refractivity contribution < 1.29 is 66.9 Å². The molecule has 1 aliphatic carbocycles. The molecule has 0 atom stereocenters. The van der Waals surface area contributed by atoms with E-state index in [2.05, 4.69) is 305 Å². The van der Waals surface area contributed by atoms with Gasteiger partial charge in [-0.15, -0.1) is 20.5 Å². The average Bonchev–Trinajstić information content (AvgIpc) is 3.97. The fraction of sp³-hybridized carbons (Fsp3) is 0.194. The molecule has 6 aromatic rings. The summed E-state index contributed by atoms with van der Waals surface area (Å²) in [5, 5.41) is 2.56. The zero-order valence-electron chi connectivity index (χ0n) is 46.6. The van der Waals surface area contributed by atoms with E-state index >= 15 is 0 Å². The van der Waals surface area contributed by atoms with Crippen LogP contribution in [0.5, 0.6) is 0 Å². The molecule has 80 heavy (non-hydrogen) atoms. The van der Waals surface area contributed by atoms with Crippen LogP contribution in [0.2, 0.25) is 0 Å². The van der Waals surface area contributed by atoms with Crippen molar-refractivity contribution in [1.82, 2.24) is 0 Å². The van der Waals surface area contributed by atoms with Crippen molar-refractivity contribution in [2.45, 2.75) is 25.3 Å². The molecule has 5 aromatic carbocycles. The summed E-state index contributed by atoms with van der Waals surface area (Å²) in [5.41, 5.74) is 14.5. The van der Waals surface area contributed by atoms with Crippen LogP contribution < -0.4 is 61.4 Å². The molecular weight excluding hydrogens is 1090 g/mol. The van der Waals surface area contributed by atoms with Crippen molar-refractivity contribution >= 4 is 79.0 Å². The van der Waals surface area contributed by atoms with Gasteiger partial charge in [0, 0.05) is 95.1 Å². The van der Waals surface area contributed by atoms with E-state index in [1.807, 2.05) is 23.1 Å². The van der Waals surface area contributed by atoms with Gasteiger partial charge in [-0.1, -0.05) is 132 Å². The number of fused-ring (bicyclic) bond motifs is 2. The molecule has 0 bridgehead atoms. The molecule has 420 valence electrons. The first-order valence-electron chi connectivity index (χ1n) is 25.2. The standard InChI is InChI=1S/C37H43N4.C25H25N2S2.2ClHO4/c1-38(2)32-20-12-28(13-21-32)36(29-14-22-33(23-15-29)39(3)4)10-9-11-37(30-16-24-34(25-17-30)40(5)6)31-18-26-35(27-19-31)41(7)8;1-3-26-20-14-10-12-16-22(20)28-24(26)18-8-6-5-7-9-19-25-27(4-2)21-15-11-13-17-23(21)29-25;2*2-1(3,4)5/h9-27H,1-8H3;5-19H,3-4H2,1-2H3;2*(H,2,3,4,5)/q2*+1;;/p-2. The first-order valence-corrected chi connectivity index (χ1v) is 29.3. The highest BCUT2D eigenvalue weighted by Gasteiger charge is 2.22. The predicted octanol–water partition coefficient (Wildman–Crippen LogP) is 4.46. The first kappa shape index (κ1) is 64.0. The number of allylic oxidation sites excluding steroid dienone is 15. The Kier molecular flexibility index (Phi) is 24.5. The van der Waals surface area contributed by atoms with Gasteiger partial charge in [-0.25, -0.2) is 41.8 Å². The highest BCUT2D eigenvalue weighted by molar-refractivity contribution is 8.03. The lowest BCUT2D eigenvalue weighted by Crippen LogP contribution is -2.68. The molecule has 2 heterocycles. The predicted molar refractivity (Wildman–Crippen MR) is 309 cm³/mol. The molecule has 18 heteroatoms. The van der Waals surface area contributed by atoms with Crippen LogP contribution in [0.15, 0.2) is 216 Å². The lowest BCUT2D eigenvalue weighted by molar-refractivity contribution is -2.00. The first-order chi connectivity index (χ1) is 37.9. The number of aryl methyl sites for hydroxylation is 1. The number of thiazole rings is 1. The summed E-state index contributed by atoms with van der Waals surface area (Å²) < 4.78 is 73.8. The minimum absolute atomic E-state index is 0.981. The zero-order chi connectivity index (χ0) is 58.6. The molecule has 2 aliphatic rings. The Hall–Kier alpha value is -6.87. The van der Waals surface area contributed by atoms with Crippen LogP contribution in [-0.4, -0.2) is 73.2 Å². The minimum atomic E-state index is -4.94. The van der Waals surface area contributed by atoms with E-state index in [0.29, 0.717) is 0 Å². The van der Waals surface area contributed by atoms with Crippen LogP contribution in [0, 0.1) is 20.5 Å². The molecule has 0 saturated heterocycles. The summed E-state index contributed by atoms with van der Waals surface area (Å²) in [6, 6.07) is 43.5. The maximum absolute atomic E-state index is 8.49. The largest absolute Gasteiger partial charge is 0.378 e. The zero-order valence-corrected chi connectivity index (χ0v) is 49.7. The monoisotopic (exact) mass is 1160 g/mol. The van der Waals surface area contributed by atoms with Gasteiger partial charge >= 0.3 is 0 Å². The Balaban J connectivity index is 0.000000261. The maximum Gasteiger partial charge on any atom is 0.262 e. The van der Waals surface area contributed by atoms with E-state index in [1.54, 1.807) is 0 Å². The Bertz CT molecular complexity index is 3210. The van der Waals surface area contributed by atoms with Crippen LogP contribution in [0.1, 0.15) is 35.5 Å². The third-order valence-electron chi connectivity index (χ3n) is 12.1. The second-order valence-electron chi connectivity index (χ2n) is 18.5. The number of hydrogen-bond donors (Lipinski definition) is 0. The number of halogens is 2. The average molecular weight is 1160 g/mol. The second-order valence-corrected chi connectivity index (χ2v) is 22.1. The molecule has 0 fully saturated rings. The van der Waals surface area contributed by atoms with Crippen molar-refractivity contribution in [2.24, 2.45) is 0 Å².